The summed E-state index contributed by atoms with van der Waals surface area (Å²) < 4.78 is 51.8. The van der Waals surface area contributed by atoms with Crippen molar-refractivity contribution in [2.24, 2.45) is 23.2 Å². The van der Waals surface area contributed by atoms with Gasteiger partial charge in [0.1, 0.15) is 11.7 Å². The van der Waals surface area contributed by atoms with Crippen molar-refractivity contribution in [3.63, 3.8) is 0 Å². The molecule has 1 spiro atoms. The fourth-order valence-electron chi connectivity index (χ4n) is 7.79. The van der Waals surface area contributed by atoms with Crippen molar-refractivity contribution < 1.29 is 27.4 Å². The molecule has 34 heavy (non-hydrogen) atoms. The number of esters is 1. The van der Waals surface area contributed by atoms with Gasteiger partial charge < -0.3 is 14.4 Å². The second kappa shape index (κ2) is 7.60. The molecule has 0 aromatic heterocycles. The Bertz CT molecular complexity index is 978. The van der Waals surface area contributed by atoms with Gasteiger partial charge in [-0.25, -0.2) is 0 Å². The number of carbonyl (C=O) groups is 1. The van der Waals surface area contributed by atoms with E-state index in [0.717, 1.165) is 18.9 Å². The Morgan fingerprint density at radius 1 is 1.18 bits per heavy atom. The number of benzene rings is 1. The number of alkyl halides is 3. The minimum Gasteiger partial charge on any atom is -0.462 e. The van der Waals surface area contributed by atoms with Gasteiger partial charge in [0.25, 0.3) is 0 Å². The molecule has 0 bridgehead atoms. The summed E-state index contributed by atoms with van der Waals surface area (Å²) in [6, 6.07) is 5.53. The molecule has 2 aliphatic carbocycles. The zero-order chi connectivity index (χ0) is 23.9. The van der Waals surface area contributed by atoms with E-state index in [1.165, 1.54) is 25.0 Å². The predicted molar refractivity (Wildman–Crippen MR) is 120 cm³/mol. The number of epoxide rings is 1. The Balaban J connectivity index is 1.12. The van der Waals surface area contributed by atoms with Gasteiger partial charge in [-0.2, -0.15) is 13.2 Å². The summed E-state index contributed by atoms with van der Waals surface area (Å²) >= 11 is 0. The van der Waals surface area contributed by atoms with E-state index in [2.05, 4.69) is 18.7 Å². The summed E-state index contributed by atoms with van der Waals surface area (Å²) in [6.07, 6.45) is 0.127. The van der Waals surface area contributed by atoms with Gasteiger partial charge in [-0.15, -0.1) is 0 Å². The molecule has 3 saturated heterocycles. The van der Waals surface area contributed by atoms with Gasteiger partial charge in [0.2, 0.25) is 0 Å². The molecule has 1 aromatic rings. The molecule has 5 nitrogen and oxygen atoms in total. The molecule has 186 valence electrons. The molecule has 3 heterocycles. The predicted octanol–water partition coefficient (Wildman–Crippen LogP) is 4.35. The van der Waals surface area contributed by atoms with Crippen LogP contribution >= 0.6 is 0 Å². The van der Waals surface area contributed by atoms with Crippen molar-refractivity contribution in [2.45, 2.75) is 63.5 Å². The van der Waals surface area contributed by atoms with E-state index in [-0.39, 0.29) is 41.0 Å². The van der Waals surface area contributed by atoms with E-state index in [9.17, 15) is 18.0 Å². The minimum atomic E-state index is -4.34. The van der Waals surface area contributed by atoms with E-state index in [4.69, 9.17) is 9.47 Å². The Morgan fingerprint density at radius 3 is 2.68 bits per heavy atom. The van der Waals surface area contributed by atoms with Crippen LogP contribution in [0.2, 0.25) is 0 Å². The first-order valence-electron chi connectivity index (χ1n) is 12.7. The number of fused-ring (bicyclic) bond motifs is 2. The Hall–Kier alpha value is -1.80. The highest BCUT2D eigenvalue weighted by atomic mass is 19.4. The van der Waals surface area contributed by atoms with E-state index in [1.54, 1.807) is 6.07 Å². The molecule has 1 aromatic carbocycles. The Kier molecular flexibility index (Phi) is 5.06. The van der Waals surface area contributed by atoms with Gasteiger partial charge in [0.15, 0.2) is 0 Å². The fraction of sp³-hybridized carbons (Fsp3) is 0.731. The van der Waals surface area contributed by atoms with Crippen LogP contribution in [0.3, 0.4) is 0 Å². The third-order valence-electron chi connectivity index (χ3n) is 9.56. The molecule has 0 radical (unpaired) electrons. The molecule has 7 atom stereocenters. The number of piperazine rings is 1. The van der Waals surface area contributed by atoms with Crippen LogP contribution in [0.1, 0.15) is 45.1 Å². The first kappa shape index (κ1) is 22.7. The van der Waals surface area contributed by atoms with Crippen molar-refractivity contribution in [1.29, 1.82) is 0 Å². The topological polar surface area (TPSA) is 45.3 Å². The molecular formula is C26H33F3N2O3. The van der Waals surface area contributed by atoms with Crippen LogP contribution in [0, 0.1) is 23.2 Å². The summed E-state index contributed by atoms with van der Waals surface area (Å²) in [7, 11) is 0. The van der Waals surface area contributed by atoms with E-state index in [0.29, 0.717) is 44.3 Å². The van der Waals surface area contributed by atoms with E-state index in [1.807, 2.05) is 4.90 Å². The zero-order valence-corrected chi connectivity index (χ0v) is 19.8. The third-order valence-corrected chi connectivity index (χ3v) is 9.56. The summed E-state index contributed by atoms with van der Waals surface area (Å²) in [6.45, 7) is 7.96. The fourth-order valence-corrected chi connectivity index (χ4v) is 7.79. The lowest BCUT2D eigenvalue weighted by molar-refractivity contribution is -0.146. The van der Waals surface area contributed by atoms with Crippen LogP contribution < -0.4 is 4.90 Å². The molecular weight excluding hydrogens is 445 g/mol. The van der Waals surface area contributed by atoms with E-state index >= 15 is 0 Å². The lowest BCUT2D eigenvalue weighted by Gasteiger charge is -2.49. The molecule has 0 amide bonds. The first-order chi connectivity index (χ1) is 16.1. The maximum absolute atomic E-state index is 13.1. The average Bonchev–Trinajstić information content (AvgIpc) is 3.48. The maximum atomic E-state index is 13.1. The van der Waals surface area contributed by atoms with Gasteiger partial charge >= 0.3 is 12.1 Å². The monoisotopic (exact) mass is 478 g/mol. The van der Waals surface area contributed by atoms with Crippen LogP contribution in [-0.4, -0.2) is 61.4 Å². The molecule has 5 aliphatic rings. The third kappa shape index (κ3) is 3.31. The number of halogens is 3. The zero-order valence-electron chi connectivity index (χ0n) is 19.8. The highest BCUT2D eigenvalue weighted by Gasteiger charge is 2.78. The molecule has 8 heteroatoms. The quantitative estimate of drug-likeness (QED) is 0.478. The van der Waals surface area contributed by atoms with Crippen molar-refractivity contribution in [3.05, 3.63) is 29.8 Å². The highest BCUT2D eigenvalue weighted by Crippen LogP contribution is 2.70. The summed E-state index contributed by atoms with van der Waals surface area (Å²) in [5.74, 6) is 0.330. The van der Waals surface area contributed by atoms with Crippen molar-refractivity contribution >= 4 is 11.7 Å². The number of rotatable bonds is 3. The van der Waals surface area contributed by atoms with Crippen LogP contribution in [-0.2, 0) is 20.4 Å². The molecule has 6 rings (SSSR count). The van der Waals surface area contributed by atoms with Crippen LogP contribution in [0.25, 0.3) is 0 Å². The number of hydrogen-bond donors (Lipinski definition) is 0. The van der Waals surface area contributed by atoms with Gasteiger partial charge in [-0.05, 0) is 43.4 Å². The largest absolute Gasteiger partial charge is 0.462 e. The number of ether oxygens (including phenoxy) is 2. The number of anilines is 1. The average molecular weight is 479 g/mol. The Morgan fingerprint density at radius 2 is 1.94 bits per heavy atom. The lowest BCUT2D eigenvalue weighted by Crippen LogP contribution is -2.55. The maximum Gasteiger partial charge on any atom is 0.416 e. The Labute approximate surface area is 198 Å². The number of carbonyl (C=O) groups excluding carboxylic acids is 1. The minimum absolute atomic E-state index is 0.0557. The summed E-state index contributed by atoms with van der Waals surface area (Å²) in [5.41, 5.74) is -0.0314. The lowest BCUT2D eigenvalue weighted by atomic mass is 9.53. The van der Waals surface area contributed by atoms with E-state index < -0.39 is 11.7 Å². The molecule has 2 saturated carbocycles. The molecule has 7 unspecified atom stereocenters. The van der Waals surface area contributed by atoms with Crippen LogP contribution in [0.15, 0.2) is 24.3 Å². The standard InChI is InChI=1S/C26H33F3N2O3/c1-16-5-4-8-24(2)14-20-21(22-25(16,24)34-22)19(23(32)33-20)15-30-9-11-31(12-10-30)18-7-3-6-17(13-18)26(27,28)29/h3,6-7,13,16,19-22H,4-5,8-12,14-15H2,1-2H3. The number of hydrogen-bond acceptors (Lipinski definition) is 5. The number of nitrogens with zero attached hydrogens (tertiary/aromatic N) is 2. The molecule has 3 aliphatic heterocycles. The molecule has 0 N–H and O–H groups in total. The highest BCUT2D eigenvalue weighted by molar-refractivity contribution is 5.76. The molecule has 5 fully saturated rings. The van der Waals surface area contributed by atoms with Gasteiger partial charge in [0, 0.05) is 49.7 Å². The SMILES string of the molecule is CC1CCCC2(C)CC3OC(=O)C(CN4CCN(c5cccc(C(F)(F)F)c5)CC4)C3C3OC132. The van der Waals surface area contributed by atoms with Crippen LogP contribution in [0.5, 0.6) is 0 Å². The van der Waals surface area contributed by atoms with Gasteiger partial charge in [-0.3, -0.25) is 9.69 Å². The van der Waals surface area contributed by atoms with Crippen molar-refractivity contribution in [2.75, 3.05) is 37.6 Å². The smallest absolute Gasteiger partial charge is 0.416 e. The van der Waals surface area contributed by atoms with Crippen molar-refractivity contribution in [3.8, 4) is 0 Å². The first-order valence-corrected chi connectivity index (χ1v) is 12.7. The summed E-state index contributed by atoms with van der Waals surface area (Å²) in [5, 5.41) is 0. The van der Waals surface area contributed by atoms with Gasteiger partial charge in [0.05, 0.1) is 17.6 Å². The summed E-state index contributed by atoms with van der Waals surface area (Å²) in [4.78, 5) is 17.2. The second-order valence-electron chi connectivity index (χ2n) is 11.4. The normalized spacial score (nSPS) is 42.0. The second-order valence-corrected chi connectivity index (χ2v) is 11.4. The van der Waals surface area contributed by atoms with Gasteiger partial charge in [-0.1, -0.05) is 26.3 Å². The van der Waals surface area contributed by atoms with Crippen LogP contribution in [0.4, 0.5) is 18.9 Å². The van der Waals surface area contributed by atoms with Crippen molar-refractivity contribution in [1.82, 2.24) is 4.90 Å².